The highest BCUT2D eigenvalue weighted by molar-refractivity contribution is 9.10. The van der Waals surface area contributed by atoms with Crippen molar-refractivity contribution in [2.45, 2.75) is 32.1 Å². The van der Waals surface area contributed by atoms with Crippen molar-refractivity contribution in [1.82, 2.24) is 19.5 Å². The van der Waals surface area contributed by atoms with Crippen molar-refractivity contribution in [2.24, 2.45) is 0 Å². The van der Waals surface area contributed by atoms with E-state index in [-0.39, 0.29) is 41.8 Å². The SMILES string of the molecule is COC(=O)c1ccc2nc(Cc3cc(F)c(-c4cccc(OCc5ccc(Br)c(Cl)n5)n4)cc3F)n(C[C@@H]3CCO3)c2c1. The number of ether oxygens (including phenoxy) is 3. The van der Waals surface area contributed by atoms with Crippen LogP contribution in [0.5, 0.6) is 5.88 Å². The Morgan fingerprint density at radius 1 is 1.09 bits per heavy atom. The number of aromatic nitrogens is 4. The molecule has 0 aliphatic carbocycles. The van der Waals surface area contributed by atoms with Gasteiger partial charge in [0.05, 0.1) is 52.2 Å². The molecule has 12 heteroatoms. The number of hydrogen-bond acceptors (Lipinski definition) is 7. The van der Waals surface area contributed by atoms with Gasteiger partial charge in [0.2, 0.25) is 5.88 Å². The second-order valence-corrected chi connectivity index (χ2v) is 11.2. The van der Waals surface area contributed by atoms with Gasteiger partial charge in [-0.1, -0.05) is 17.7 Å². The zero-order chi connectivity index (χ0) is 30.1. The van der Waals surface area contributed by atoms with Crippen LogP contribution in [0.1, 0.15) is 33.9 Å². The summed E-state index contributed by atoms with van der Waals surface area (Å²) in [5, 5.41) is 0.304. The number of methoxy groups -OCH3 is 1. The van der Waals surface area contributed by atoms with Crippen LogP contribution >= 0.6 is 27.5 Å². The molecule has 0 radical (unpaired) electrons. The fourth-order valence-corrected chi connectivity index (χ4v) is 5.20. The Morgan fingerprint density at radius 3 is 2.67 bits per heavy atom. The van der Waals surface area contributed by atoms with Crippen molar-refractivity contribution in [3.63, 3.8) is 0 Å². The monoisotopic (exact) mass is 668 g/mol. The highest BCUT2D eigenvalue weighted by Gasteiger charge is 2.24. The van der Waals surface area contributed by atoms with Gasteiger partial charge in [-0.3, -0.25) is 0 Å². The summed E-state index contributed by atoms with van der Waals surface area (Å²) >= 11 is 9.34. The Bertz CT molecular complexity index is 1850. The molecule has 4 heterocycles. The van der Waals surface area contributed by atoms with Crippen LogP contribution in [0.3, 0.4) is 0 Å². The number of rotatable bonds is 9. The average Bonchev–Trinajstić information content (AvgIpc) is 3.32. The van der Waals surface area contributed by atoms with Gasteiger partial charge in [-0.25, -0.2) is 28.5 Å². The number of nitrogens with zero attached hydrogens (tertiary/aromatic N) is 4. The third-order valence-electron chi connectivity index (χ3n) is 7.14. The molecule has 1 aliphatic rings. The van der Waals surface area contributed by atoms with Gasteiger partial charge in [-0.15, -0.1) is 0 Å². The number of fused-ring (bicyclic) bond motifs is 1. The minimum Gasteiger partial charge on any atom is -0.471 e. The number of hydrogen-bond donors (Lipinski definition) is 0. The minimum absolute atomic E-state index is 0.00407. The van der Waals surface area contributed by atoms with Crippen LogP contribution in [-0.4, -0.2) is 45.3 Å². The van der Waals surface area contributed by atoms with Crippen molar-refractivity contribution < 1.29 is 27.8 Å². The summed E-state index contributed by atoms with van der Waals surface area (Å²) in [7, 11) is 1.31. The van der Waals surface area contributed by atoms with Gasteiger partial charge in [-0.05, 0) is 76.4 Å². The van der Waals surface area contributed by atoms with E-state index >= 15 is 8.78 Å². The Balaban J connectivity index is 1.27. The lowest BCUT2D eigenvalue weighted by molar-refractivity contribution is -0.0589. The van der Waals surface area contributed by atoms with Crippen LogP contribution < -0.4 is 4.74 Å². The van der Waals surface area contributed by atoms with Crippen molar-refractivity contribution in [1.29, 1.82) is 0 Å². The lowest BCUT2D eigenvalue weighted by atomic mass is 10.0. The van der Waals surface area contributed by atoms with E-state index in [0.29, 0.717) is 50.9 Å². The second-order valence-electron chi connectivity index (χ2n) is 9.94. The van der Waals surface area contributed by atoms with Crippen LogP contribution in [0, 0.1) is 11.6 Å². The van der Waals surface area contributed by atoms with E-state index in [1.54, 1.807) is 48.5 Å². The summed E-state index contributed by atoms with van der Waals surface area (Å²) < 4.78 is 49.7. The molecule has 220 valence electrons. The lowest BCUT2D eigenvalue weighted by Crippen LogP contribution is -2.31. The third-order valence-corrected chi connectivity index (χ3v) is 8.30. The third kappa shape index (κ3) is 6.24. The maximum Gasteiger partial charge on any atom is 0.337 e. The molecule has 8 nitrogen and oxygen atoms in total. The summed E-state index contributed by atoms with van der Waals surface area (Å²) in [4.78, 5) is 25.4. The van der Waals surface area contributed by atoms with Crippen molar-refractivity contribution in [3.8, 4) is 17.1 Å². The number of pyridine rings is 2. The van der Waals surface area contributed by atoms with E-state index in [0.717, 1.165) is 18.6 Å². The first-order valence-corrected chi connectivity index (χ1v) is 14.5. The van der Waals surface area contributed by atoms with Crippen LogP contribution in [0.25, 0.3) is 22.3 Å². The number of carbonyl (C=O) groups is 1. The molecule has 6 rings (SSSR count). The minimum atomic E-state index is -0.639. The van der Waals surface area contributed by atoms with E-state index in [1.807, 2.05) is 4.57 Å². The molecular formula is C31H24BrClF2N4O4. The number of esters is 1. The second kappa shape index (κ2) is 12.4. The molecular weight excluding hydrogens is 646 g/mol. The number of imidazole rings is 1. The topological polar surface area (TPSA) is 88.4 Å². The highest BCUT2D eigenvalue weighted by Crippen LogP contribution is 2.29. The van der Waals surface area contributed by atoms with Gasteiger partial charge in [0.15, 0.2) is 0 Å². The molecule has 0 saturated carbocycles. The summed E-state index contributed by atoms with van der Waals surface area (Å²) in [6.45, 7) is 1.22. The molecule has 1 fully saturated rings. The van der Waals surface area contributed by atoms with Gasteiger partial charge in [-0.2, -0.15) is 0 Å². The zero-order valence-electron chi connectivity index (χ0n) is 22.8. The molecule has 0 N–H and O–H groups in total. The first kappa shape index (κ1) is 29.2. The van der Waals surface area contributed by atoms with Crippen LogP contribution in [0.15, 0.2) is 65.1 Å². The van der Waals surface area contributed by atoms with Gasteiger partial charge >= 0.3 is 5.97 Å². The lowest BCUT2D eigenvalue weighted by Gasteiger charge is -2.27. The van der Waals surface area contributed by atoms with E-state index in [1.165, 1.54) is 7.11 Å². The zero-order valence-corrected chi connectivity index (χ0v) is 25.2. The first-order valence-electron chi connectivity index (χ1n) is 13.4. The van der Waals surface area contributed by atoms with E-state index < -0.39 is 17.6 Å². The largest absolute Gasteiger partial charge is 0.471 e. The molecule has 1 atom stereocenters. The van der Waals surface area contributed by atoms with Crippen molar-refractivity contribution in [3.05, 3.63) is 105 Å². The Kier molecular flexibility index (Phi) is 8.38. The van der Waals surface area contributed by atoms with Crippen molar-refractivity contribution in [2.75, 3.05) is 13.7 Å². The van der Waals surface area contributed by atoms with Crippen LogP contribution in [0.2, 0.25) is 5.15 Å². The maximum atomic E-state index is 15.5. The van der Waals surface area contributed by atoms with Crippen LogP contribution in [-0.2, 0) is 29.0 Å². The summed E-state index contributed by atoms with van der Waals surface area (Å²) in [6.07, 6.45) is 0.868. The molecule has 0 unspecified atom stereocenters. The van der Waals surface area contributed by atoms with Gasteiger partial charge < -0.3 is 18.8 Å². The van der Waals surface area contributed by atoms with E-state index in [4.69, 9.17) is 25.8 Å². The van der Waals surface area contributed by atoms with Gasteiger partial charge in [0, 0.05) is 24.7 Å². The average molecular weight is 670 g/mol. The molecule has 0 spiro atoms. The fraction of sp³-hybridized carbons (Fsp3) is 0.226. The number of carbonyl (C=O) groups excluding carboxylic acids is 1. The predicted octanol–water partition coefficient (Wildman–Crippen LogP) is 6.93. The fourth-order valence-electron chi connectivity index (χ4n) is 4.81. The van der Waals surface area contributed by atoms with Gasteiger partial charge in [0.1, 0.15) is 29.2 Å². The quantitative estimate of drug-likeness (QED) is 0.124. The molecule has 2 aromatic carbocycles. The Morgan fingerprint density at radius 2 is 1.93 bits per heavy atom. The van der Waals surface area contributed by atoms with Gasteiger partial charge in [0.25, 0.3) is 0 Å². The molecule has 5 aromatic rings. The normalized spacial score (nSPS) is 14.5. The van der Waals surface area contributed by atoms with E-state index in [2.05, 4.69) is 30.9 Å². The maximum absolute atomic E-state index is 15.5. The predicted molar refractivity (Wildman–Crippen MR) is 159 cm³/mol. The molecule has 1 saturated heterocycles. The van der Waals surface area contributed by atoms with E-state index in [9.17, 15) is 4.79 Å². The molecule has 0 bridgehead atoms. The molecule has 1 aliphatic heterocycles. The number of halogens is 4. The van der Waals surface area contributed by atoms with Crippen molar-refractivity contribution >= 4 is 44.5 Å². The summed E-state index contributed by atoms with van der Waals surface area (Å²) in [5.41, 5.74) is 2.61. The smallest absolute Gasteiger partial charge is 0.337 e. The van der Waals surface area contributed by atoms with Crippen LogP contribution in [0.4, 0.5) is 8.78 Å². The molecule has 3 aromatic heterocycles. The Hall–Kier alpha value is -3.93. The standard InChI is InChI=1S/C31H24BrClF2N4O4/c1-41-31(40)17-5-8-26-27(12-17)39(15-20-9-10-42-20)28(37-26)13-18-11-24(35)21(14-23(18)34)25-3-2-4-29(38-25)43-16-19-6-7-22(32)30(33)36-19/h2-8,11-12,14,20H,9-10,13,15-16H2,1H3/t20-/m0/s1. The number of benzene rings is 2. The summed E-state index contributed by atoms with van der Waals surface area (Å²) in [5.74, 6) is -0.973. The highest BCUT2D eigenvalue weighted by atomic mass is 79.9. The molecule has 43 heavy (non-hydrogen) atoms. The molecule has 0 amide bonds. The summed E-state index contributed by atoms with van der Waals surface area (Å²) in [6, 6.07) is 15.7. The Labute approximate surface area is 258 Å². The first-order chi connectivity index (χ1) is 20.8.